The zero-order valence-electron chi connectivity index (χ0n) is 14.4. The van der Waals surface area contributed by atoms with Gasteiger partial charge in [0, 0.05) is 0 Å². The maximum atomic E-state index is 2.40. The van der Waals surface area contributed by atoms with Crippen molar-refractivity contribution in [3.8, 4) is 0 Å². The Kier molecular flexibility index (Phi) is 4.49. The van der Waals surface area contributed by atoms with Gasteiger partial charge in [-0.3, -0.25) is 0 Å². The summed E-state index contributed by atoms with van der Waals surface area (Å²) in [5.41, 5.74) is 1.94. The first-order valence-corrected chi connectivity index (χ1v) is 10.4. The number of benzene rings is 4. The van der Waals surface area contributed by atoms with E-state index in [-0.39, 0.29) is 0 Å². The molecule has 0 saturated carbocycles. The molecule has 0 aromatic heterocycles. The summed E-state index contributed by atoms with van der Waals surface area (Å²) in [5, 5.41) is 5.65. The molecule has 0 aliphatic heterocycles. The number of rotatable bonds is 4. The van der Waals surface area contributed by atoms with Crippen LogP contribution >= 0.6 is 0 Å². The summed E-state index contributed by atoms with van der Waals surface area (Å²) in [7, 11) is -0.920. The highest BCUT2D eigenvalue weighted by Gasteiger charge is 2.26. The molecule has 0 aliphatic rings. The van der Waals surface area contributed by atoms with Gasteiger partial charge in [0.05, 0.1) is 0 Å². The summed E-state index contributed by atoms with van der Waals surface area (Å²) in [6, 6.07) is 37.5. The quantitative estimate of drug-likeness (QED) is 0.470. The number of fused-ring (bicyclic) bond motifs is 1. The van der Waals surface area contributed by atoms with Crippen molar-refractivity contribution in [2.75, 3.05) is 0 Å². The van der Waals surface area contributed by atoms with Crippen LogP contribution in [0.25, 0.3) is 10.8 Å². The highest BCUT2D eigenvalue weighted by atomic mass is 28.3. The van der Waals surface area contributed by atoms with Crippen molar-refractivity contribution in [2.45, 2.75) is 12.5 Å². The van der Waals surface area contributed by atoms with Gasteiger partial charge >= 0.3 is 0 Å². The van der Waals surface area contributed by atoms with Crippen LogP contribution in [0.3, 0.4) is 0 Å². The van der Waals surface area contributed by atoms with Crippen LogP contribution in [0.2, 0.25) is 0 Å². The lowest BCUT2D eigenvalue weighted by atomic mass is 10.0. The SMILES string of the molecule is CC(c1cccc2ccccc12)[Si](c1ccccc1)c1ccccc1. The van der Waals surface area contributed by atoms with Crippen molar-refractivity contribution < 1.29 is 0 Å². The maximum Gasteiger partial charge on any atom is 0.128 e. The molecule has 0 fully saturated rings. The van der Waals surface area contributed by atoms with Crippen LogP contribution in [0.1, 0.15) is 18.0 Å². The molecule has 4 aromatic carbocycles. The highest BCUT2D eigenvalue weighted by molar-refractivity contribution is 6.86. The van der Waals surface area contributed by atoms with Gasteiger partial charge in [-0.25, -0.2) is 0 Å². The molecule has 121 valence electrons. The third-order valence-corrected chi connectivity index (χ3v) is 7.98. The molecular formula is C24H21Si. The van der Waals surface area contributed by atoms with E-state index in [0.29, 0.717) is 5.54 Å². The summed E-state index contributed by atoms with van der Waals surface area (Å²) in [6.07, 6.45) is 0. The van der Waals surface area contributed by atoms with Crippen molar-refractivity contribution in [1.82, 2.24) is 0 Å². The fourth-order valence-corrected chi connectivity index (χ4v) is 6.68. The fourth-order valence-electron chi connectivity index (χ4n) is 3.69. The molecule has 1 atom stereocenters. The minimum Gasteiger partial charge on any atom is -0.0628 e. The summed E-state index contributed by atoms with van der Waals surface area (Å²) >= 11 is 0. The van der Waals surface area contributed by atoms with Crippen LogP contribution in [-0.2, 0) is 0 Å². The van der Waals surface area contributed by atoms with Gasteiger partial charge in [0.2, 0.25) is 0 Å². The Morgan fingerprint density at radius 2 is 1.08 bits per heavy atom. The first kappa shape index (κ1) is 15.9. The minimum absolute atomic E-state index is 0.487. The highest BCUT2D eigenvalue weighted by Crippen LogP contribution is 2.27. The first-order chi connectivity index (χ1) is 12.3. The van der Waals surface area contributed by atoms with E-state index in [9.17, 15) is 0 Å². The van der Waals surface area contributed by atoms with Gasteiger partial charge in [-0.2, -0.15) is 0 Å². The fraction of sp³-hybridized carbons (Fsp3) is 0.0833. The maximum absolute atomic E-state index is 2.40. The molecule has 0 amide bonds. The van der Waals surface area contributed by atoms with Crippen LogP contribution in [0.4, 0.5) is 0 Å². The monoisotopic (exact) mass is 337 g/mol. The predicted octanol–water partition coefficient (Wildman–Crippen LogP) is 4.79. The summed E-state index contributed by atoms with van der Waals surface area (Å²) < 4.78 is 0. The lowest BCUT2D eigenvalue weighted by Crippen LogP contribution is -2.46. The third-order valence-electron chi connectivity index (χ3n) is 4.89. The molecule has 0 N–H and O–H groups in total. The zero-order valence-corrected chi connectivity index (χ0v) is 15.4. The van der Waals surface area contributed by atoms with E-state index in [2.05, 4.69) is 110 Å². The van der Waals surface area contributed by atoms with Gasteiger partial charge in [-0.15, -0.1) is 0 Å². The van der Waals surface area contributed by atoms with Gasteiger partial charge in [-0.1, -0.05) is 120 Å². The van der Waals surface area contributed by atoms with Crippen molar-refractivity contribution in [2.24, 2.45) is 0 Å². The minimum atomic E-state index is -0.920. The molecule has 4 aromatic rings. The Bertz CT molecular complexity index is 916. The Morgan fingerprint density at radius 3 is 1.72 bits per heavy atom. The Labute approximate surface area is 151 Å². The number of hydrogen-bond donors (Lipinski definition) is 0. The van der Waals surface area contributed by atoms with Crippen molar-refractivity contribution >= 4 is 29.9 Å². The molecule has 1 radical (unpaired) electrons. The van der Waals surface area contributed by atoms with Gasteiger partial charge in [-0.05, 0) is 21.9 Å². The third kappa shape index (κ3) is 3.16. The molecule has 0 spiro atoms. The molecule has 4 rings (SSSR count). The summed E-state index contributed by atoms with van der Waals surface area (Å²) in [4.78, 5) is 0. The van der Waals surface area contributed by atoms with E-state index in [4.69, 9.17) is 0 Å². The van der Waals surface area contributed by atoms with Crippen LogP contribution in [0, 0.1) is 0 Å². The first-order valence-electron chi connectivity index (χ1n) is 8.80. The van der Waals surface area contributed by atoms with Crippen LogP contribution in [-0.4, -0.2) is 8.80 Å². The van der Waals surface area contributed by atoms with E-state index < -0.39 is 8.80 Å². The molecule has 1 unspecified atom stereocenters. The molecule has 0 heterocycles. The smallest absolute Gasteiger partial charge is 0.0628 e. The van der Waals surface area contributed by atoms with Crippen LogP contribution in [0.15, 0.2) is 103 Å². The molecule has 0 bridgehead atoms. The Balaban J connectivity index is 1.87. The topological polar surface area (TPSA) is 0 Å². The van der Waals surface area contributed by atoms with Gasteiger partial charge in [0.15, 0.2) is 0 Å². The molecule has 1 heteroatoms. The van der Waals surface area contributed by atoms with Crippen LogP contribution in [0.5, 0.6) is 0 Å². The van der Waals surface area contributed by atoms with Crippen molar-refractivity contribution in [3.63, 3.8) is 0 Å². The standard InChI is InChI=1S/C24H21Si/c1-19(23-18-10-12-20-11-8-9-17-24(20)23)25(21-13-4-2-5-14-21)22-15-6-3-7-16-22/h2-19H,1H3. The van der Waals surface area contributed by atoms with E-state index in [0.717, 1.165) is 0 Å². The predicted molar refractivity (Wildman–Crippen MR) is 110 cm³/mol. The molecule has 0 nitrogen and oxygen atoms in total. The van der Waals surface area contributed by atoms with E-state index in [1.54, 1.807) is 0 Å². The lowest BCUT2D eigenvalue weighted by Gasteiger charge is -2.25. The van der Waals surface area contributed by atoms with E-state index >= 15 is 0 Å². The van der Waals surface area contributed by atoms with Gasteiger partial charge < -0.3 is 0 Å². The van der Waals surface area contributed by atoms with E-state index in [1.807, 2.05) is 0 Å². The molecule has 0 saturated heterocycles. The van der Waals surface area contributed by atoms with Crippen LogP contribution < -0.4 is 10.4 Å². The molecule has 0 aliphatic carbocycles. The largest absolute Gasteiger partial charge is 0.128 e. The Morgan fingerprint density at radius 1 is 0.560 bits per heavy atom. The second-order valence-electron chi connectivity index (χ2n) is 6.44. The van der Waals surface area contributed by atoms with Gasteiger partial charge in [0.1, 0.15) is 8.80 Å². The molecule has 25 heavy (non-hydrogen) atoms. The second kappa shape index (κ2) is 7.08. The average molecular weight is 338 g/mol. The Hall–Kier alpha value is -2.64. The lowest BCUT2D eigenvalue weighted by molar-refractivity contribution is 1.07. The normalized spacial score (nSPS) is 12.4. The summed E-state index contributed by atoms with van der Waals surface area (Å²) in [6.45, 7) is 2.40. The van der Waals surface area contributed by atoms with E-state index in [1.165, 1.54) is 26.7 Å². The second-order valence-corrected chi connectivity index (χ2v) is 9.28. The average Bonchev–Trinajstić information content (AvgIpc) is 2.69. The van der Waals surface area contributed by atoms with Crippen molar-refractivity contribution in [1.29, 1.82) is 0 Å². The van der Waals surface area contributed by atoms with Gasteiger partial charge in [0.25, 0.3) is 0 Å². The number of hydrogen-bond acceptors (Lipinski definition) is 0. The molecular weight excluding hydrogens is 316 g/mol. The summed E-state index contributed by atoms with van der Waals surface area (Å²) in [5.74, 6) is 0. The zero-order chi connectivity index (χ0) is 17.1. The van der Waals surface area contributed by atoms with Crippen molar-refractivity contribution in [3.05, 3.63) is 109 Å².